The van der Waals surface area contributed by atoms with Crippen LogP contribution in [0.5, 0.6) is 0 Å². The van der Waals surface area contributed by atoms with Gasteiger partial charge in [0, 0.05) is 17.5 Å². The van der Waals surface area contributed by atoms with E-state index in [1.807, 2.05) is 12.1 Å². The van der Waals surface area contributed by atoms with Gasteiger partial charge < -0.3 is 10.6 Å². The molecule has 2 N–H and O–H groups in total. The number of para-hydroxylation sites is 1. The summed E-state index contributed by atoms with van der Waals surface area (Å²) in [7, 11) is 0. The number of halogens is 1. The minimum absolute atomic E-state index is 0.0238. The van der Waals surface area contributed by atoms with Crippen molar-refractivity contribution in [2.45, 2.75) is 45.6 Å². The quantitative estimate of drug-likeness (QED) is 0.634. The molecule has 0 fully saturated rings. The lowest BCUT2D eigenvalue weighted by molar-refractivity contribution is -0.118. The molecule has 0 spiro atoms. The maximum absolute atomic E-state index is 13.1. The van der Waals surface area contributed by atoms with Gasteiger partial charge in [0.15, 0.2) is 0 Å². The molecular weight excluding hydrogens is 374 g/mol. The summed E-state index contributed by atoms with van der Waals surface area (Å²) < 4.78 is 0. The van der Waals surface area contributed by atoms with Gasteiger partial charge in [0.1, 0.15) is 0 Å². The Morgan fingerprint density at radius 1 is 1.11 bits per heavy atom. The molecule has 3 rings (SSSR count). The minimum atomic E-state index is -0.242. The van der Waals surface area contributed by atoms with Crippen LogP contribution in [0.1, 0.15) is 49.9 Å². The predicted molar refractivity (Wildman–Crippen MR) is 115 cm³/mol. The number of carbonyl (C=O) groups is 2. The van der Waals surface area contributed by atoms with Crippen molar-refractivity contribution in [1.29, 1.82) is 0 Å². The van der Waals surface area contributed by atoms with Crippen LogP contribution in [0.4, 0.5) is 17.1 Å². The van der Waals surface area contributed by atoms with Gasteiger partial charge in [-0.15, -0.1) is 0 Å². The normalized spacial score (nSPS) is 13.0. The highest BCUT2D eigenvalue weighted by atomic mass is 35.5. The fraction of sp³-hybridized carbons (Fsp3) is 0.364. The molecule has 0 atom stereocenters. The number of nitrogens with one attached hydrogen (secondary N) is 2. The summed E-state index contributed by atoms with van der Waals surface area (Å²) in [4.78, 5) is 27.4. The Kier molecular flexibility index (Phi) is 6.70. The van der Waals surface area contributed by atoms with Gasteiger partial charge in [-0.25, -0.2) is 0 Å². The smallest absolute Gasteiger partial charge is 0.257 e. The highest BCUT2D eigenvalue weighted by Gasteiger charge is 2.28. The van der Waals surface area contributed by atoms with E-state index in [0.29, 0.717) is 40.1 Å². The molecule has 1 heterocycles. The van der Waals surface area contributed by atoms with Crippen molar-refractivity contribution in [1.82, 2.24) is 5.32 Å². The van der Waals surface area contributed by atoms with Crippen LogP contribution >= 0.6 is 11.6 Å². The summed E-state index contributed by atoms with van der Waals surface area (Å²) >= 11 is 6.11. The van der Waals surface area contributed by atoms with Crippen LogP contribution in [0.15, 0.2) is 42.5 Å². The maximum atomic E-state index is 13.1. The third-order valence-corrected chi connectivity index (χ3v) is 4.94. The third kappa shape index (κ3) is 4.72. The molecule has 2 amide bonds. The van der Waals surface area contributed by atoms with Crippen molar-refractivity contribution in [3.05, 3.63) is 53.1 Å². The number of anilines is 3. The second kappa shape index (κ2) is 9.22. The Hall–Kier alpha value is -2.37. The Morgan fingerprint density at radius 3 is 2.68 bits per heavy atom. The van der Waals surface area contributed by atoms with Crippen LogP contribution in [-0.4, -0.2) is 24.4 Å². The van der Waals surface area contributed by atoms with E-state index in [-0.39, 0.29) is 11.8 Å². The van der Waals surface area contributed by atoms with Gasteiger partial charge in [-0.05, 0) is 49.7 Å². The SMILES string of the molecule is CC(C)NCCCCCC(=O)N1c2ccc(Cl)cc2NC(=O)c2ccccc21. The number of fused-ring (bicyclic) bond motifs is 2. The van der Waals surface area contributed by atoms with Crippen molar-refractivity contribution < 1.29 is 9.59 Å². The van der Waals surface area contributed by atoms with Crippen LogP contribution in [0, 0.1) is 0 Å². The van der Waals surface area contributed by atoms with E-state index in [4.69, 9.17) is 11.6 Å². The fourth-order valence-electron chi connectivity index (χ4n) is 3.33. The first kappa shape index (κ1) is 20.4. The monoisotopic (exact) mass is 399 g/mol. The zero-order valence-corrected chi connectivity index (χ0v) is 17.1. The predicted octanol–water partition coefficient (Wildman–Crippen LogP) is 5.13. The van der Waals surface area contributed by atoms with Gasteiger partial charge >= 0.3 is 0 Å². The van der Waals surface area contributed by atoms with Gasteiger partial charge in [0.25, 0.3) is 5.91 Å². The first-order valence-electron chi connectivity index (χ1n) is 9.73. The van der Waals surface area contributed by atoms with E-state index in [9.17, 15) is 9.59 Å². The van der Waals surface area contributed by atoms with Crippen LogP contribution in [-0.2, 0) is 4.79 Å². The molecule has 0 radical (unpaired) electrons. The number of amides is 2. The average molecular weight is 400 g/mol. The van der Waals surface area contributed by atoms with Crippen LogP contribution < -0.4 is 15.5 Å². The summed E-state index contributed by atoms with van der Waals surface area (Å²) in [5.74, 6) is -0.265. The third-order valence-electron chi connectivity index (χ3n) is 4.71. The lowest BCUT2D eigenvalue weighted by Crippen LogP contribution is -2.26. The fourth-order valence-corrected chi connectivity index (χ4v) is 3.50. The van der Waals surface area contributed by atoms with E-state index in [1.165, 1.54) is 0 Å². The molecule has 28 heavy (non-hydrogen) atoms. The highest BCUT2D eigenvalue weighted by Crippen LogP contribution is 2.39. The van der Waals surface area contributed by atoms with Crippen molar-refractivity contribution >= 4 is 40.5 Å². The second-order valence-corrected chi connectivity index (χ2v) is 7.72. The van der Waals surface area contributed by atoms with Gasteiger partial charge in [-0.3, -0.25) is 14.5 Å². The number of unbranched alkanes of at least 4 members (excludes halogenated alkanes) is 2. The van der Waals surface area contributed by atoms with E-state index in [2.05, 4.69) is 24.5 Å². The molecule has 0 bridgehead atoms. The standard InChI is InChI=1S/C22H26ClN3O2/c1-15(2)24-13-7-3-4-10-21(27)26-19-9-6-5-8-17(19)22(28)25-18-14-16(23)11-12-20(18)26/h5-6,8-9,11-12,14-15,24H,3-4,7,10,13H2,1-2H3,(H,25,28). The van der Waals surface area contributed by atoms with E-state index in [0.717, 1.165) is 25.8 Å². The van der Waals surface area contributed by atoms with Crippen LogP contribution in [0.2, 0.25) is 5.02 Å². The Balaban J connectivity index is 1.80. The van der Waals surface area contributed by atoms with Gasteiger partial charge in [0.05, 0.1) is 22.6 Å². The number of rotatable bonds is 7. The molecule has 6 heteroatoms. The van der Waals surface area contributed by atoms with E-state index >= 15 is 0 Å². The summed E-state index contributed by atoms with van der Waals surface area (Å²) in [6.45, 7) is 5.21. The molecule has 2 aromatic rings. The summed E-state index contributed by atoms with van der Waals surface area (Å²) in [5.41, 5.74) is 2.27. The zero-order chi connectivity index (χ0) is 20.1. The number of hydrogen-bond donors (Lipinski definition) is 2. The topological polar surface area (TPSA) is 61.4 Å². The highest BCUT2D eigenvalue weighted by molar-refractivity contribution is 6.31. The lowest BCUT2D eigenvalue weighted by atomic mass is 10.1. The molecule has 2 aromatic carbocycles. The summed E-state index contributed by atoms with van der Waals surface area (Å²) in [5, 5.41) is 6.77. The Bertz CT molecular complexity index is 867. The first-order valence-corrected chi connectivity index (χ1v) is 10.1. The largest absolute Gasteiger partial charge is 0.320 e. The molecule has 1 aliphatic heterocycles. The van der Waals surface area contributed by atoms with Crippen LogP contribution in [0.3, 0.4) is 0 Å². The molecule has 0 saturated heterocycles. The molecule has 0 aliphatic carbocycles. The molecule has 5 nitrogen and oxygen atoms in total. The van der Waals surface area contributed by atoms with E-state index < -0.39 is 0 Å². The van der Waals surface area contributed by atoms with Crippen molar-refractivity contribution in [3.63, 3.8) is 0 Å². The second-order valence-electron chi connectivity index (χ2n) is 7.28. The molecule has 0 saturated carbocycles. The summed E-state index contributed by atoms with van der Waals surface area (Å²) in [6, 6.07) is 12.8. The summed E-state index contributed by atoms with van der Waals surface area (Å²) in [6.07, 6.45) is 3.24. The zero-order valence-electron chi connectivity index (χ0n) is 16.3. The van der Waals surface area contributed by atoms with E-state index in [1.54, 1.807) is 35.2 Å². The van der Waals surface area contributed by atoms with Crippen molar-refractivity contribution in [2.24, 2.45) is 0 Å². The number of benzene rings is 2. The molecule has 148 valence electrons. The molecule has 0 aromatic heterocycles. The van der Waals surface area contributed by atoms with Gasteiger partial charge in [0.2, 0.25) is 5.91 Å². The lowest BCUT2D eigenvalue weighted by Gasteiger charge is -2.24. The maximum Gasteiger partial charge on any atom is 0.257 e. The number of nitrogens with zero attached hydrogens (tertiary/aromatic N) is 1. The number of hydrogen-bond acceptors (Lipinski definition) is 3. The van der Waals surface area contributed by atoms with Gasteiger partial charge in [-0.1, -0.05) is 44.0 Å². The Labute approximate surface area is 171 Å². The van der Waals surface area contributed by atoms with Crippen molar-refractivity contribution in [2.75, 3.05) is 16.8 Å². The Morgan fingerprint density at radius 2 is 1.89 bits per heavy atom. The minimum Gasteiger partial charge on any atom is -0.320 e. The molecule has 1 aliphatic rings. The first-order chi connectivity index (χ1) is 13.5. The van der Waals surface area contributed by atoms with Gasteiger partial charge in [-0.2, -0.15) is 0 Å². The number of carbonyl (C=O) groups excluding carboxylic acids is 2. The average Bonchev–Trinajstić information content (AvgIpc) is 2.78. The van der Waals surface area contributed by atoms with Crippen LogP contribution in [0.25, 0.3) is 0 Å². The molecular formula is C22H26ClN3O2. The molecule has 0 unspecified atom stereocenters. The van der Waals surface area contributed by atoms with Crippen molar-refractivity contribution in [3.8, 4) is 0 Å².